The lowest BCUT2D eigenvalue weighted by molar-refractivity contribution is -0.0274. The van der Waals surface area contributed by atoms with Crippen LogP contribution in [0.15, 0.2) is 18.2 Å². The van der Waals surface area contributed by atoms with Crippen LogP contribution in [0, 0.1) is 9.49 Å². The van der Waals surface area contributed by atoms with Crippen molar-refractivity contribution < 1.29 is 9.84 Å². The lowest BCUT2D eigenvalue weighted by Crippen LogP contribution is -2.30. The second-order valence-electron chi connectivity index (χ2n) is 5.89. The van der Waals surface area contributed by atoms with Gasteiger partial charge in [0.25, 0.3) is 0 Å². The van der Waals surface area contributed by atoms with Gasteiger partial charge in [0.05, 0.1) is 29.5 Å². The van der Waals surface area contributed by atoms with Crippen LogP contribution >= 0.6 is 34.2 Å². The van der Waals surface area contributed by atoms with Crippen LogP contribution < -0.4 is 5.32 Å². The quantitative estimate of drug-likeness (QED) is 0.670. The SMILES string of the molecule is CC1CCCC(OCC(O)CNc2ccc(I)cc2Cl)C1. The normalized spacial score (nSPS) is 23.8. The van der Waals surface area contributed by atoms with Crippen molar-refractivity contribution >= 4 is 39.9 Å². The third kappa shape index (κ3) is 5.93. The molecular weight excluding hydrogens is 401 g/mol. The van der Waals surface area contributed by atoms with Crippen molar-refractivity contribution in [1.29, 1.82) is 0 Å². The molecule has 1 saturated carbocycles. The first kappa shape index (κ1) is 17.3. The average Bonchev–Trinajstić information content (AvgIpc) is 2.44. The molecule has 1 aliphatic carbocycles. The molecule has 0 aliphatic heterocycles. The van der Waals surface area contributed by atoms with Gasteiger partial charge in [-0.05, 0) is 59.5 Å². The first-order chi connectivity index (χ1) is 10.0. The number of nitrogens with one attached hydrogen (secondary N) is 1. The highest BCUT2D eigenvalue weighted by Crippen LogP contribution is 2.26. The minimum Gasteiger partial charge on any atom is -0.389 e. The summed E-state index contributed by atoms with van der Waals surface area (Å²) in [5.74, 6) is 0.740. The molecule has 0 amide bonds. The molecule has 5 heteroatoms. The maximum Gasteiger partial charge on any atom is 0.0945 e. The molecule has 0 radical (unpaired) electrons. The van der Waals surface area contributed by atoms with E-state index in [1.807, 2.05) is 18.2 Å². The molecular formula is C16H23ClINO2. The number of benzene rings is 1. The van der Waals surface area contributed by atoms with Gasteiger partial charge in [-0.3, -0.25) is 0 Å². The van der Waals surface area contributed by atoms with Crippen molar-refractivity contribution in [1.82, 2.24) is 0 Å². The van der Waals surface area contributed by atoms with Crippen molar-refractivity contribution in [2.45, 2.75) is 44.8 Å². The van der Waals surface area contributed by atoms with E-state index >= 15 is 0 Å². The maximum absolute atomic E-state index is 10.0. The highest BCUT2D eigenvalue weighted by molar-refractivity contribution is 14.1. The first-order valence-corrected chi connectivity index (χ1v) is 8.99. The molecule has 1 aromatic carbocycles. The van der Waals surface area contributed by atoms with E-state index in [4.69, 9.17) is 16.3 Å². The molecule has 0 bridgehead atoms. The van der Waals surface area contributed by atoms with Gasteiger partial charge in [0, 0.05) is 10.1 Å². The number of halogens is 2. The van der Waals surface area contributed by atoms with Crippen LogP contribution in [0.1, 0.15) is 32.6 Å². The number of aliphatic hydroxyl groups is 1. The van der Waals surface area contributed by atoms with Gasteiger partial charge in [-0.2, -0.15) is 0 Å². The lowest BCUT2D eigenvalue weighted by Gasteiger charge is -2.27. The number of hydrogen-bond donors (Lipinski definition) is 2. The maximum atomic E-state index is 10.0. The predicted molar refractivity (Wildman–Crippen MR) is 96.0 cm³/mol. The standard InChI is InChI=1S/C16H23ClINO2/c1-11-3-2-4-14(7-11)21-10-13(20)9-19-16-6-5-12(18)8-15(16)17/h5-6,8,11,13-14,19-20H,2-4,7,9-10H2,1H3. The molecule has 3 nitrogen and oxygen atoms in total. The zero-order valence-corrected chi connectivity index (χ0v) is 15.2. The molecule has 0 saturated heterocycles. The third-order valence-corrected chi connectivity index (χ3v) is 4.86. The molecule has 0 aromatic heterocycles. The van der Waals surface area contributed by atoms with Crippen LogP contribution in [0.2, 0.25) is 5.02 Å². The number of ether oxygens (including phenoxy) is 1. The van der Waals surface area contributed by atoms with Gasteiger partial charge in [-0.15, -0.1) is 0 Å². The molecule has 0 heterocycles. The topological polar surface area (TPSA) is 41.5 Å². The van der Waals surface area contributed by atoms with E-state index in [0.29, 0.717) is 24.3 Å². The number of anilines is 1. The second kappa shape index (κ2) is 8.56. The van der Waals surface area contributed by atoms with E-state index in [1.54, 1.807) is 0 Å². The molecule has 2 rings (SSSR count). The van der Waals surface area contributed by atoms with E-state index in [9.17, 15) is 5.11 Å². The predicted octanol–water partition coefficient (Wildman–Crippen LogP) is 4.31. The van der Waals surface area contributed by atoms with Crippen molar-refractivity contribution in [3.63, 3.8) is 0 Å². The molecule has 21 heavy (non-hydrogen) atoms. The zero-order valence-electron chi connectivity index (χ0n) is 12.3. The summed E-state index contributed by atoms with van der Waals surface area (Å²) < 4.78 is 6.92. The minimum atomic E-state index is -0.516. The zero-order chi connectivity index (χ0) is 15.2. The molecule has 3 atom stereocenters. The Labute approximate surface area is 145 Å². The molecule has 1 fully saturated rings. The highest BCUT2D eigenvalue weighted by atomic mass is 127. The molecule has 1 aromatic rings. The molecule has 118 valence electrons. The van der Waals surface area contributed by atoms with Gasteiger partial charge in [-0.1, -0.05) is 31.4 Å². The van der Waals surface area contributed by atoms with Gasteiger partial charge in [0.2, 0.25) is 0 Å². The van der Waals surface area contributed by atoms with Crippen molar-refractivity contribution in [2.75, 3.05) is 18.5 Å². The third-order valence-electron chi connectivity index (χ3n) is 3.87. The van der Waals surface area contributed by atoms with Crippen molar-refractivity contribution in [3.05, 3.63) is 26.8 Å². The molecule has 0 spiro atoms. The van der Waals surface area contributed by atoms with Crippen LogP contribution in [-0.4, -0.2) is 30.5 Å². The molecule has 2 N–H and O–H groups in total. The number of aliphatic hydroxyl groups excluding tert-OH is 1. The fourth-order valence-corrected chi connectivity index (χ4v) is 3.62. The van der Waals surface area contributed by atoms with Gasteiger partial charge >= 0.3 is 0 Å². The van der Waals surface area contributed by atoms with Crippen LogP contribution in [0.25, 0.3) is 0 Å². The summed E-state index contributed by atoms with van der Waals surface area (Å²) in [6, 6.07) is 5.82. The average molecular weight is 424 g/mol. The van der Waals surface area contributed by atoms with Crippen molar-refractivity contribution in [3.8, 4) is 0 Å². The Morgan fingerprint density at radius 2 is 2.29 bits per heavy atom. The van der Waals surface area contributed by atoms with Crippen LogP contribution in [0.5, 0.6) is 0 Å². The first-order valence-electron chi connectivity index (χ1n) is 7.53. The smallest absolute Gasteiger partial charge is 0.0945 e. The molecule has 1 aliphatic rings. The Bertz CT molecular complexity index is 458. The van der Waals surface area contributed by atoms with E-state index in [2.05, 4.69) is 34.8 Å². The Morgan fingerprint density at radius 1 is 1.48 bits per heavy atom. The Hall–Kier alpha value is -0.0400. The second-order valence-corrected chi connectivity index (χ2v) is 7.54. The summed E-state index contributed by atoms with van der Waals surface area (Å²) in [6.07, 6.45) is 4.56. The molecule has 3 unspecified atom stereocenters. The summed E-state index contributed by atoms with van der Waals surface area (Å²) >= 11 is 8.37. The largest absolute Gasteiger partial charge is 0.389 e. The van der Waals surface area contributed by atoms with E-state index in [0.717, 1.165) is 28.0 Å². The number of hydrogen-bond acceptors (Lipinski definition) is 3. The van der Waals surface area contributed by atoms with Gasteiger partial charge in [-0.25, -0.2) is 0 Å². The fraction of sp³-hybridized carbons (Fsp3) is 0.625. The van der Waals surface area contributed by atoms with Crippen LogP contribution in [0.3, 0.4) is 0 Å². The fourth-order valence-electron chi connectivity index (χ4n) is 2.70. The minimum absolute atomic E-state index is 0.310. The van der Waals surface area contributed by atoms with Gasteiger partial charge < -0.3 is 15.2 Å². The summed E-state index contributed by atoms with van der Waals surface area (Å²) in [5, 5.41) is 13.9. The Kier molecular flexibility index (Phi) is 7.05. The van der Waals surface area contributed by atoms with Gasteiger partial charge in [0.15, 0.2) is 0 Å². The number of rotatable bonds is 6. The summed E-state index contributed by atoms with van der Waals surface area (Å²) in [4.78, 5) is 0. The lowest BCUT2D eigenvalue weighted by atomic mass is 9.89. The highest BCUT2D eigenvalue weighted by Gasteiger charge is 2.20. The Morgan fingerprint density at radius 3 is 3.00 bits per heavy atom. The summed E-state index contributed by atoms with van der Waals surface area (Å²) in [6.45, 7) is 3.10. The van der Waals surface area contributed by atoms with Crippen LogP contribution in [-0.2, 0) is 4.74 Å². The van der Waals surface area contributed by atoms with E-state index < -0.39 is 6.10 Å². The monoisotopic (exact) mass is 423 g/mol. The van der Waals surface area contributed by atoms with E-state index in [1.165, 1.54) is 12.8 Å². The van der Waals surface area contributed by atoms with Crippen LogP contribution in [0.4, 0.5) is 5.69 Å². The summed E-state index contributed by atoms with van der Waals surface area (Å²) in [7, 11) is 0. The van der Waals surface area contributed by atoms with Gasteiger partial charge in [0.1, 0.15) is 0 Å². The van der Waals surface area contributed by atoms with E-state index in [-0.39, 0.29) is 0 Å². The Balaban J connectivity index is 1.70. The van der Waals surface area contributed by atoms with Crippen molar-refractivity contribution in [2.24, 2.45) is 5.92 Å². The summed E-state index contributed by atoms with van der Waals surface area (Å²) in [5.41, 5.74) is 0.849.